The number of hydrogen-bond acceptors (Lipinski definition) is 5. The van der Waals surface area contributed by atoms with Crippen LogP contribution in [0.2, 0.25) is 0 Å². The molecule has 132 valence electrons. The first-order valence-electron chi connectivity index (χ1n) is 8.15. The first-order chi connectivity index (χ1) is 12.6. The molecule has 1 amide bonds. The van der Waals surface area contributed by atoms with Crippen molar-refractivity contribution >= 4 is 74.2 Å². The lowest BCUT2D eigenvalue weighted by molar-refractivity contribution is -0.122. The van der Waals surface area contributed by atoms with Gasteiger partial charge in [0.15, 0.2) is 0 Å². The number of thioether (sulfide) groups is 2. The minimum absolute atomic E-state index is 0.0189. The van der Waals surface area contributed by atoms with Gasteiger partial charge in [0, 0.05) is 21.6 Å². The molecule has 4 rings (SSSR count). The lowest BCUT2D eigenvalue weighted by Crippen LogP contribution is -2.28. The smallest absolute Gasteiger partial charge is 0.268 e. The zero-order valence-corrected chi connectivity index (χ0v) is 18.5. The summed E-state index contributed by atoms with van der Waals surface area (Å²) in [6.45, 7) is 3.29. The van der Waals surface area contributed by atoms with Crippen LogP contribution in [0.1, 0.15) is 12.5 Å². The number of para-hydroxylation sites is 1. The Balaban J connectivity index is 1.76. The minimum Gasteiger partial charge on any atom is -0.329 e. The number of fused-ring (bicyclic) bond motifs is 1. The molecule has 2 aromatic rings. The van der Waals surface area contributed by atoms with E-state index in [9.17, 15) is 4.79 Å². The normalized spacial score (nSPS) is 19.5. The summed E-state index contributed by atoms with van der Waals surface area (Å²) in [6.07, 6.45) is 0. The lowest BCUT2D eigenvalue weighted by atomic mass is 10.2. The molecule has 0 radical (unpaired) electrons. The SMILES string of the molecule is CCN1C(=O)C(=C2Sc3ccccc3N2Cc2ccc(I)cc2)SC1=S. The van der Waals surface area contributed by atoms with Gasteiger partial charge in [0.2, 0.25) is 0 Å². The maximum absolute atomic E-state index is 12.8. The Bertz CT molecular complexity index is 927. The average molecular weight is 510 g/mol. The van der Waals surface area contributed by atoms with Crippen LogP contribution in [0.15, 0.2) is 63.4 Å². The molecule has 0 N–H and O–H groups in total. The third-order valence-corrected chi connectivity index (χ3v) is 7.69. The summed E-state index contributed by atoms with van der Waals surface area (Å²) in [7, 11) is 0. The van der Waals surface area contributed by atoms with E-state index in [0.29, 0.717) is 10.9 Å². The second-order valence-electron chi connectivity index (χ2n) is 5.83. The Labute approximate surface area is 180 Å². The van der Waals surface area contributed by atoms with Crippen molar-refractivity contribution in [3.63, 3.8) is 0 Å². The fourth-order valence-corrected chi connectivity index (χ4v) is 5.99. The van der Waals surface area contributed by atoms with Gasteiger partial charge in [-0.25, -0.2) is 0 Å². The van der Waals surface area contributed by atoms with E-state index in [-0.39, 0.29) is 5.91 Å². The number of likely N-dealkylation sites (N-methyl/N-ethyl adjacent to an activating group) is 1. The van der Waals surface area contributed by atoms with Gasteiger partial charge in [0.1, 0.15) is 14.3 Å². The van der Waals surface area contributed by atoms with Crippen LogP contribution in [-0.4, -0.2) is 21.7 Å². The van der Waals surface area contributed by atoms with Gasteiger partial charge in [-0.3, -0.25) is 9.69 Å². The van der Waals surface area contributed by atoms with Gasteiger partial charge in [-0.1, -0.05) is 60.0 Å². The highest BCUT2D eigenvalue weighted by atomic mass is 127. The summed E-state index contributed by atoms with van der Waals surface area (Å²) in [5, 5.41) is 0.984. The Morgan fingerprint density at radius 2 is 1.77 bits per heavy atom. The predicted octanol–water partition coefficient (Wildman–Crippen LogP) is 5.45. The molecule has 0 atom stereocenters. The highest BCUT2D eigenvalue weighted by Gasteiger charge is 2.38. The highest BCUT2D eigenvalue weighted by molar-refractivity contribution is 14.1. The molecule has 1 saturated heterocycles. The molecule has 3 nitrogen and oxygen atoms in total. The molecule has 0 aromatic heterocycles. The van der Waals surface area contributed by atoms with Crippen molar-refractivity contribution in [3.05, 3.63) is 67.6 Å². The minimum atomic E-state index is 0.0189. The summed E-state index contributed by atoms with van der Waals surface area (Å²) >= 11 is 10.8. The average Bonchev–Trinajstić information content (AvgIpc) is 3.14. The molecule has 1 fully saturated rings. The molecule has 26 heavy (non-hydrogen) atoms. The quantitative estimate of drug-likeness (QED) is 0.311. The van der Waals surface area contributed by atoms with Crippen molar-refractivity contribution in [1.29, 1.82) is 0 Å². The van der Waals surface area contributed by atoms with Crippen LogP contribution in [0.3, 0.4) is 0 Å². The molecule has 2 aliphatic heterocycles. The van der Waals surface area contributed by atoms with Crippen molar-refractivity contribution in [2.24, 2.45) is 0 Å². The number of rotatable bonds is 3. The van der Waals surface area contributed by atoms with E-state index in [4.69, 9.17) is 12.2 Å². The van der Waals surface area contributed by atoms with Crippen molar-refractivity contribution in [1.82, 2.24) is 4.90 Å². The molecule has 0 saturated carbocycles. The van der Waals surface area contributed by atoms with Crippen LogP contribution in [0.4, 0.5) is 5.69 Å². The zero-order valence-electron chi connectivity index (χ0n) is 13.9. The van der Waals surface area contributed by atoms with Crippen molar-refractivity contribution in [2.45, 2.75) is 18.4 Å². The molecule has 2 aliphatic rings. The van der Waals surface area contributed by atoms with Gasteiger partial charge in [-0.15, -0.1) is 0 Å². The summed E-state index contributed by atoms with van der Waals surface area (Å²) in [5.74, 6) is 0.0189. The summed E-state index contributed by atoms with van der Waals surface area (Å²) in [6, 6.07) is 16.8. The van der Waals surface area contributed by atoms with E-state index < -0.39 is 0 Å². The first kappa shape index (κ1) is 18.3. The van der Waals surface area contributed by atoms with Gasteiger partial charge >= 0.3 is 0 Å². The van der Waals surface area contributed by atoms with Gasteiger partial charge in [-0.2, -0.15) is 0 Å². The van der Waals surface area contributed by atoms with E-state index >= 15 is 0 Å². The monoisotopic (exact) mass is 510 g/mol. The van der Waals surface area contributed by atoms with Gasteiger partial charge in [0.25, 0.3) is 5.91 Å². The third-order valence-electron chi connectivity index (χ3n) is 4.22. The molecule has 7 heteroatoms. The molecular formula is C19H15IN2OS3. The van der Waals surface area contributed by atoms with E-state index in [0.717, 1.165) is 22.2 Å². The fourth-order valence-electron chi connectivity index (χ4n) is 2.93. The number of thiocarbonyl (C=S) groups is 1. The fraction of sp³-hybridized carbons (Fsp3) is 0.158. The molecule has 0 unspecified atom stereocenters. The van der Waals surface area contributed by atoms with Crippen molar-refractivity contribution in [2.75, 3.05) is 11.4 Å². The molecular weight excluding hydrogens is 495 g/mol. The maximum atomic E-state index is 12.8. The van der Waals surface area contributed by atoms with Gasteiger partial charge in [-0.05, 0) is 59.3 Å². The van der Waals surface area contributed by atoms with Crippen LogP contribution in [0, 0.1) is 3.57 Å². The molecule has 0 spiro atoms. The third kappa shape index (κ3) is 3.30. The number of hydrogen-bond donors (Lipinski definition) is 0. The Hall–Kier alpha value is -1.03. The van der Waals surface area contributed by atoms with Gasteiger partial charge in [0.05, 0.1) is 5.69 Å². The van der Waals surface area contributed by atoms with Crippen LogP contribution in [-0.2, 0) is 11.3 Å². The number of halogens is 1. The van der Waals surface area contributed by atoms with Crippen molar-refractivity contribution < 1.29 is 4.79 Å². The Kier molecular flexibility index (Phi) is 5.31. The van der Waals surface area contributed by atoms with E-state index in [1.54, 1.807) is 16.7 Å². The maximum Gasteiger partial charge on any atom is 0.268 e. The van der Waals surface area contributed by atoms with E-state index in [1.165, 1.54) is 25.8 Å². The van der Waals surface area contributed by atoms with Crippen LogP contribution >= 0.6 is 58.3 Å². The summed E-state index contributed by atoms with van der Waals surface area (Å²) in [4.78, 5) is 18.7. The molecule has 2 heterocycles. The van der Waals surface area contributed by atoms with Crippen LogP contribution in [0.5, 0.6) is 0 Å². The number of nitrogens with zero attached hydrogens (tertiary/aromatic N) is 2. The number of carbonyl (C=O) groups is 1. The van der Waals surface area contributed by atoms with Crippen LogP contribution in [0.25, 0.3) is 0 Å². The summed E-state index contributed by atoms with van der Waals surface area (Å²) < 4.78 is 1.86. The molecule has 0 aliphatic carbocycles. The standard InChI is InChI=1S/C19H15IN2OS3/c1-2-21-17(23)16(26-19(21)24)18-22(11-12-7-9-13(20)10-8-12)14-5-3-4-6-15(14)25-18/h3-10H,2,11H2,1H3. The zero-order chi connectivity index (χ0) is 18.3. The largest absolute Gasteiger partial charge is 0.329 e. The van der Waals surface area contributed by atoms with E-state index in [2.05, 4.69) is 63.9 Å². The number of benzene rings is 2. The molecule has 2 aromatic carbocycles. The van der Waals surface area contributed by atoms with Gasteiger partial charge < -0.3 is 4.90 Å². The number of amides is 1. The topological polar surface area (TPSA) is 23.6 Å². The van der Waals surface area contributed by atoms with Crippen LogP contribution < -0.4 is 4.90 Å². The number of anilines is 1. The number of carbonyl (C=O) groups excluding carboxylic acids is 1. The summed E-state index contributed by atoms with van der Waals surface area (Å²) in [5.41, 5.74) is 2.36. The highest BCUT2D eigenvalue weighted by Crippen LogP contribution is 2.51. The molecule has 0 bridgehead atoms. The first-order valence-corrected chi connectivity index (χ1v) is 11.3. The van der Waals surface area contributed by atoms with Crippen molar-refractivity contribution in [3.8, 4) is 0 Å². The predicted molar refractivity (Wildman–Crippen MR) is 122 cm³/mol. The lowest BCUT2D eigenvalue weighted by Gasteiger charge is -2.21. The van der Waals surface area contributed by atoms with E-state index in [1.807, 2.05) is 19.1 Å². The Morgan fingerprint density at radius 3 is 2.46 bits per heavy atom. The second-order valence-corrected chi connectivity index (χ2v) is 9.75. The Morgan fingerprint density at radius 1 is 1.04 bits per heavy atom. The second kappa shape index (κ2) is 7.53.